The molecule has 1 unspecified atom stereocenters. The quantitative estimate of drug-likeness (QED) is 0.877. The van der Waals surface area contributed by atoms with E-state index in [0.717, 1.165) is 6.54 Å². The maximum absolute atomic E-state index is 12.5. The van der Waals surface area contributed by atoms with E-state index < -0.39 is 0 Å². The van der Waals surface area contributed by atoms with Crippen molar-refractivity contribution in [2.75, 3.05) is 29.9 Å². The summed E-state index contributed by atoms with van der Waals surface area (Å²) in [7, 11) is 0. The molecule has 0 radical (unpaired) electrons. The minimum atomic E-state index is -0.0983. The van der Waals surface area contributed by atoms with Crippen LogP contribution in [0.15, 0.2) is 48.5 Å². The number of carbonyl (C=O) groups is 1. The highest BCUT2D eigenvalue weighted by atomic mass is 35.5. The van der Waals surface area contributed by atoms with Crippen LogP contribution in [0.3, 0.4) is 0 Å². The van der Waals surface area contributed by atoms with Gasteiger partial charge in [0.1, 0.15) is 0 Å². The summed E-state index contributed by atoms with van der Waals surface area (Å²) >= 11 is 6.11. The summed E-state index contributed by atoms with van der Waals surface area (Å²) in [5.41, 5.74) is 3.12. The number of anilines is 2. The Hall–Kier alpha value is -2.20. The Kier molecular flexibility index (Phi) is 4.95. The van der Waals surface area contributed by atoms with Gasteiger partial charge in [-0.2, -0.15) is 0 Å². The summed E-state index contributed by atoms with van der Waals surface area (Å²) in [5.74, 6) is 0. The average molecular weight is 344 g/mol. The van der Waals surface area contributed by atoms with E-state index in [4.69, 9.17) is 11.6 Å². The minimum Gasteiger partial charge on any atom is -0.365 e. The number of aryl methyl sites for hydroxylation is 1. The summed E-state index contributed by atoms with van der Waals surface area (Å²) in [5, 5.41) is 3.45. The van der Waals surface area contributed by atoms with Crippen molar-refractivity contribution in [1.29, 1.82) is 0 Å². The van der Waals surface area contributed by atoms with Gasteiger partial charge in [0.05, 0.1) is 10.7 Å². The van der Waals surface area contributed by atoms with Crippen LogP contribution < -0.4 is 10.2 Å². The van der Waals surface area contributed by atoms with Crippen molar-refractivity contribution in [1.82, 2.24) is 4.90 Å². The van der Waals surface area contributed by atoms with Crippen molar-refractivity contribution >= 4 is 29.0 Å². The third kappa shape index (κ3) is 3.65. The van der Waals surface area contributed by atoms with Crippen LogP contribution in [-0.2, 0) is 0 Å². The largest absolute Gasteiger partial charge is 0.365 e. The van der Waals surface area contributed by atoms with E-state index in [1.54, 1.807) is 6.07 Å². The zero-order valence-electron chi connectivity index (χ0n) is 14.0. The molecule has 0 bridgehead atoms. The van der Waals surface area contributed by atoms with Gasteiger partial charge in [-0.05, 0) is 43.7 Å². The molecule has 126 valence electrons. The SMILES string of the molecule is Cc1cccc(N2CCN(C(=O)Nc3ccccc3Cl)CC2C)c1. The van der Waals surface area contributed by atoms with Crippen molar-refractivity contribution in [2.45, 2.75) is 19.9 Å². The fraction of sp³-hybridized carbons (Fsp3) is 0.316. The van der Waals surface area contributed by atoms with E-state index in [2.05, 4.69) is 48.3 Å². The molecule has 0 aromatic heterocycles. The third-order valence-corrected chi connectivity index (χ3v) is 4.69. The van der Waals surface area contributed by atoms with Gasteiger partial charge < -0.3 is 15.1 Å². The number of halogens is 1. The number of benzene rings is 2. The summed E-state index contributed by atoms with van der Waals surface area (Å²) < 4.78 is 0. The molecule has 0 spiro atoms. The molecule has 0 saturated carbocycles. The highest BCUT2D eigenvalue weighted by Crippen LogP contribution is 2.24. The number of piperazine rings is 1. The molecule has 5 heteroatoms. The minimum absolute atomic E-state index is 0.0983. The maximum atomic E-state index is 12.5. The molecule has 1 aliphatic rings. The van der Waals surface area contributed by atoms with Crippen LogP contribution in [0, 0.1) is 6.92 Å². The first-order valence-electron chi connectivity index (χ1n) is 8.18. The average Bonchev–Trinajstić information content (AvgIpc) is 2.56. The van der Waals surface area contributed by atoms with E-state index in [0.29, 0.717) is 23.8 Å². The van der Waals surface area contributed by atoms with Crippen LogP contribution in [0.25, 0.3) is 0 Å². The molecule has 2 aromatic rings. The van der Waals surface area contributed by atoms with Gasteiger partial charge in [-0.15, -0.1) is 0 Å². The first kappa shape index (κ1) is 16.7. The van der Waals surface area contributed by atoms with E-state index in [1.807, 2.05) is 23.1 Å². The first-order valence-corrected chi connectivity index (χ1v) is 8.56. The summed E-state index contributed by atoms with van der Waals surface area (Å²) in [6, 6.07) is 16.0. The van der Waals surface area contributed by atoms with Gasteiger partial charge in [0.2, 0.25) is 0 Å². The van der Waals surface area contributed by atoms with Gasteiger partial charge in [-0.25, -0.2) is 4.79 Å². The molecule has 3 rings (SSSR count). The molecular formula is C19H22ClN3O. The van der Waals surface area contributed by atoms with E-state index >= 15 is 0 Å². The Labute approximate surface area is 148 Å². The topological polar surface area (TPSA) is 35.6 Å². The standard InChI is InChI=1S/C19H22ClN3O/c1-14-6-5-7-16(12-14)23-11-10-22(13-15(23)2)19(24)21-18-9-4-3-8-17(18)20/h3-9,12,15H,10-11,13H2,1-2H3,(H,21,24). The Morgan fingerprint density at radius 2 is 1.96 bits per heavy atom. The molecule has 1 atom stereocenters. The number of carbonyl (C=O) groups excluding carboxylic acids is 1. The van der Waals surface area contributed by atoms with Gasteiger partial charge in [-0.1, -0.05) is 35.9 Å². The second-order valence-electron chi connectivity index (χ2n) is 6.24. The van der Waals surface area contributed by atoms with Crippen LogP contribution in [0.5, 0.6) is 0 Å². The summed E-state index contributed by atoms with van der Waals surface area (Å²) in [6.07, 6.45) is 0. The van der Waals surface area contributed by atoms with Crippen molar-refractivity contribution in [3.05, 3.63) is 59.1 Å². The van der Waals surface area contributed by atoms with Crippen LogP contribution in [0.2, 0.25) is 5.02 Å². The van der Waals surface area contributed by atoms with E-state index in [9.17, 15) is 4.79 Å². The molecule has 2 amide bonds. The summed E-state index contributed by atoms with van der Waals surface area (Å²) in [6.45, 7) is 6.44. The molecule has 2 aromatic carbocycles. The van der Waals surface area contributed by atoms with Crippen molar-refractivity contribution in [3.63, 3.8) is 0 Å². The van der Waals surface area contributed by atoms with Crippen molar-refractivity contribution in [3.8, 4) is 0 Å². The number of amides is 2. The third-order valence-electron chi connectivity index (χ3n) is 4.36. The maximum Gasteiger partial charge on any atom is 0.322 e. The summed E-state index contributed by atoms with van der Waals surface area (Å²) in [4.78, 5) is 16.7. The zero-order chi connectivity index (χ0) is 17.1. The lowest BCUT2D eigenvalue weighted by molar-refractivity contribution is 0.200. The number of nitrogens with one attached hydrogen (secondary N) is 1. The molecule has 4 nitrogen and oxygen atoms in total. The van der Waals surface area contributed by atoms with Gasteiger partial charge in [-0.3, -0.25) is 0 Å². The molecule has 24 heavy (non-hydrogen) atoms. The van der Waals surface area contributed by atoms with Gasteiger partial charge >= 0.3 is 6.03 Å². The van der Waals surface area contributed by atoms with Gasteiger partial charge in [0, 0.05) is 31.4 Å². The monoisotopic (exact) mass is 343 g/mol. The second kappa shape index (κ2) is 7.14. The number of hydrogen-bond acceptors (Lipinski definition) is 2. The second-order valence-corrected chi connectivity index (χ2v) is 6.64. The van der Waals surface area contributed by atoms with Crippen LogP contribution in [0.1, 0.15) is 12.5 Å². The number of urea groups is 1. The molecule has 1 N–H and O–H groups in total. The predicted molar refractivity (Wildman–Crippen MR) is 100 cm³/mol. The molecule has 0 aliphatic carbocycles. The smallest absolute Gasteiger partial charge is 0.322 e. The molecule has 1 fully saturated rings. The van der Waals surface area contributed by atoms with E-state index in [-0.39, 0.29) is 12.1 Å². The fourth-order valence-electron chi connectivity index (χ4n) is 3.09. The molecule has 1 aliphatic heterocycles. The molecular weight excluding hydrogens is 322 g/mol. The lowest BCUT2D eigenvalue weighted by Gasteiger charge is -2.41. The number of rotatable bonds is 2. The highest BCUT2D eigenvalue weighted by Gasteiger charge is 2.27. The van der Waals surface area contributed by atoms with Crippen molar-refractivity contribution in [2.24, 2.45) is 0 Å². The molecule has 1 saturated heterocycles. The van der Waals surface area contributed by atoms with Crippen LogP contribution in [0.4, 0.5) is 16.2 Å². The first-order chi connectivity index (χ1) is 11.5. The zero-order valence-corrected chi connectivity index (χ0v) is 14.8. The van der Waals surface area contributed by atoms with Crippen molar-refractivity contribution < 1.29 is 4.79 Å². The number of nitrogens with zero attached hydrogens (tertiary/aromatic N) is 2. The normalized spacial score (nSPS) is 17.7. The van der Waals surface area contributed by atoms with Gasteiger partial charge in [0.25, 0.3) is 0 Å². The lowest BCUT2D eigenvalue weighted by atomic mass is 10.1. The van der Waals surface area contributed by atoms with Crippen LogP contribution >= 0.6 is 11.6 Å². The highest BCUT2D eigenvalue weighted by molar-refractivity contribution is 6.33. The lowest BCUT2D eigenvalue weighted by Crippen LogP contribution is -2.54. The Bertz CT molecular complexity index is 734. The Morgan fingerprint density at radius 1 is 1.17 bits per heavy atom. The Morgan fingerprint density at radius 3 is 2.67 bits per heavy atom. The van der Waals surface area contributed by atoms with Gasteiger partial charge in [0.15, 0.2) is 0 Å². The van der Waals surface area contributed by atoms with Crippen LogP contribution in [-0.4, -0.2) is 36.6 Å². The number of para-hydroxylation sites is 1. The Balaban J connectivity index is 1.65. The number of hydrogen-bond donors (Lipinski definition) is 1. The predicted octanol–water partition coefficient (Wildman–Crippen LogP) is 4.39. The molecule has 1 heterocycles. The van der Waals surface area contributed by atoms with E-state index in [1.165, 1.54) is 11.3 Å². The fourth-order valence-corrected chi connectivity index (χ4v) is 3.27.